The van der Waals surface area contributed by atoms with Gasteiger partial charge in [-0.3, -0.25) is 14.4 Å². The third-order valence-corrected chi connectivity index (χ3v) is 13.7. The van der Waals surface area contributed by atoms with Gasteiger partial charge in [0.25, 0.3) is 0 Å². The Morgan fingerprint density at radius 1 is 0.288 bits per heavy atom. The van der Waals surface area contributed by atoms with Crippen LogP contribution in [-0.4, -0.2) is 37.2 Å². The number of rotatable bonds is 54. The highest BCUT2D eigenvalue weighted by Crippen LogP contribution is 2.18. The second-order valence-electron chi connectivity index (χ2n) is 21.6. The van der Waals surface area contributed by atoms with Crippen LogP contribution in [0.5, 0.6) is 0 Å². The predicted octanol–water partition coefficient (Wildman–Crippen LogP) is 19.7. The second-order valence-corrected chi connectivity index (χ2v) is 21.6. The molecule has 6 nitrogen and oxygen atoms in total. The Labute approximate surface area is 412 Å². The Hall–Kier alpha value is -1.59. The molecule has 0 N–H and O–H groups in total. The van der Waals surface area contributed by atoms with Crippen molar-refractivity contribution in [3.63, 3.8) is 0 Å². The highest BCUT2D eigenvalue weighted by atomic mass is 16.6. The minimum atomic E-state index is -0.763. The van der Waals surface area contributed by atoms with E-state index in [4.69, 9.17) is 14.2 Å². The van der Waals surface area contributed by atoms with Gasteiger partial charge in [0.15, 0.2) is 6.10 Å². The molecule has 0 heterocycles. The van der Waals surface area contributed by atoms with E-state index < -0.39 is 6.10 Å². The summed E-state index contributed by atoms with van der Waals surface area (Å²) in [5.74, 6) is 0.827. The van der Waals surface area contributed by atoms with Gasteiger partial charge < -0.3 is 14.2 Å². The molecule has 0 unspecified atom stereocenters. The molecule has 0 amide bonds. The summed E-state index contributed by atoms with van der Waals surface area (Å²) in [5.41, 5.74) is 0. The van der Waals surface area contributed by atoms with Crippen LogP contribution in [0.1, 0.15) is 336 Å². The van der Waals surface area contributed by atoms with Crippen molar-refractivity contribution in [3.8, 4) is 0 Å². The van der Waals surface area contributed by atoms with Gasteiger partial charge in [-0.05, 0) is 31.1 Å². The molecule has 66 heavy (non-hydrogen) atoms. The SMILES string of the molecule is CCCCCCCCCCCCCCCCCCCC(=O)OC[C@@H](COC(=O)CCCCCCCCCCCCCCCCCC(C)C)OC(=O)CCCCCCCCCCCCC(C)C. The van der Waals surface area contributed by atoms with Gasteiger partial charge in [0.2, 0.25) is 0 Å². The van der Waals surface area contributed by atoms with Gasteiger partial charge in [0.1, 0.15) is 13.2 Å². The maximum atomic E-state index is 12.8. The zero-order chi connectivity index (χ0) is 48.2. The van der Waals surface area contributed by atoms with Crippen molar-refractivity contribution in [3.05, 3.63) is 0 Å². The van der Waals surface area contributed by atoms with Crippen molar-refractivity contribution in [1.82, 2.24) is 0 Å². The van der Waals surface area contributed by atoms with Crippen LogP contribution in [0.15, 0.2) is 0 Å². The van der Waals surface area contributed by atoms with Gasteiger partial charge in [-0.1, -0.05) is 298 Å². The molecule has 0 aromatic carbocycles. The van der Waals surface area contributed by atoms with Gasteiger partial charge >= 0.3 is 17.9 Å². The van der Waals surface area contributed by atoms with E-state index in [0.717, 1.165) is 69.6 Å². The summed E-state index contributed by atoms with van der Waals surface area (Å²) in [6.45, 7) is 11.4. The number of carbonyl (C=O) groups excluding carboxylic acids is 3. The third-order valence-electron chi connectivity index (χ3n) is 13.7. The van der Waals surface area contributed by atoms with E-state index in [1.54, 1.807) is 0 Å². The van der Waals surface area contributed by atoms with Crippen LogP contribution in [0.3, 0.4) is 0 Å². The molecule has 0 saturated heterocycles. The summed E-state index contributed by atoms with van der Waals surface area (Å²) in [6.07, 6.45) is 56.7. The summed E-state index contributed by atoms with van der Waals surface area (Å²) in [5, 5.41) is 0. The number of hydrogen-bond acceptors (Lipinski definition) is 6. The van der Waals surface area contributed by atoms with E-state index in [9.17, 15) is 14.4 Å². The maximum absolute atomic E-state index is 12.8. The summed E-state index contributed by atoms with van der Waals surface area (Å²) < 4.78 is 16.9. The van der Waals surface area contributed by atoms with Crippen molar-refractivity contribution in [1.29, 1.82) is 0 Å². The summed E-state index contributed by atoms with van der Waals surface area (Å²) >= 11 is 0. The van der Waals surface area contributed by atoms with E-state index in [0.29, 0.717) is 19.3 Å². The summed E-state index contributed by atoms with van der Waals surface area (Å²) in [7, 11) is 0. The van der Waals surface area contributed by atoms with Gasteiger partial charge in [-0.2, -0.15) is 0 Å². The second kappa shape index (κ2) is 52.8. The molecule has 0 radical (unpaired) electrons. The highest BCUT2D eigenvalue weighted by molar-refractivity contribution is 5.71. The number of carbonyl (C=O) groups is 3. The molecular weight excluding hydrogens is 817 g/mol. The van der Waals surface area contributed by atoms with E-state index in [2.05, 4.69) is 34.6 Å². The zero-order valence-electron chi connectivity index (χ0n) is 45.3. The molecule has 0 spiro atoms. The molecule has 6 heteroatoms. The van der Waals surface area contributed by atoms with Gasteiger partial charge in [-0.15, -0.1) is 0 Å². The Kier molecular flexibility index (Phi) is 51.5. The Balaban J connectivity index is 4.27. The number of esters is 3. The highest BCUT2D eigenvalue weighted by Gasteiger charge is 2.19. The lowest BCUT2D eigenvalue weighted by atomic mass is 10.0. The number of hydrogen-bond donors (Lipinski definition) is 0. The molecule has 0 aliphatic rings. The molecule has 0 fully saturated rings. The van der Waals surface area contributed by atoms with Crippen LogP contribution in [0.2, 0.25) is 0 Å². The topological polar surface area (TPSA) is 78.9 Å². The maximum Gasteiger partial charge on any atom is 0.306 e. The minimum absolute atomic E-state index is 0.0626. The lowest BCUT2D eigenvalue weighted by Crippen LogP contribution is -2.30. The third kappa shape index (κ3) is 53.4. The van der Waals surface area contributed by atoms with Crippen LogP contribution in [0.4, 0.5) is 0 Å². The van der Waals surface area contributed by atoms with Crippen LogP contribution in [-0.2, 0) is 28.6 Å². The van der Waals surface area contributed by atoms with Crippen LogP contribution in [0.25, 0.3) is 0 Å². The van der Waals surface area contributed by atoms with E-state index in [1.165, 1.54) is 225 Å². The van der Waals surface area contributed by atoms with E-state index >= 15 is 0 Å². The predicted molar refractivity (Wildman–Crippen MR) is 284 cm³/mol. The molecule has 1 atom stereocenters. The first-order valence-corrected chi connectivity index (χ1v) is 29.7. The largest absolute Gasteiger partial charge is 0.462 e. The first-order chi connectivity index (χ1) is 32.2. The smallest absolute Gasteiger partial charge is 0.306 e. The first kappa shape index (κ1) is 64.4. The Morgan fingerprint density at radius 2 is 0.500 bits per heavy atom. The van der Waals surface area contributed by atoms with Crippen molar-refractivity contribution >= 4 is 17.9 Å². The molecule has 0 aliphatic heterocycles. The van der Waals surface area contributed by atoms with Crippen molar-refractivity contribution in [2.75, 3.05) is 13.2 Å². The van der Waals surface area contributed by atoms with Gasteiger partial charge in [0.05, 0.1) is 0 Å². The summed E-state index contributed by atoms with van der Waals surface area (Å²) in [6, 6.07) is 0. The molecule has 0 rings (SSSR count). The molecule has 0 saturated carbocycles. The van der Waals surface area contributed by atoms with Crippen molar-refractivity contribution < 1.29 is 28.6 Å². The monoisotopic (exact) mass is 933 g/mol. The van der Waals surface area contributed by atoms with Crippen LogP contribution >= 0.6 is 0 Å². The molecule has 0 aromatic rings. The standard InChI is InChI=1S/C60H116O6/c1-6-7-8-9-10-11-12-13-14-15-18-21-24-30-35-40-45-50-58(61)64-53-57(66-60(63)52-47-42-37-32-27-26-29-34-39-44-49-56(4)5)54-65-59(62)51-46-41-36-31-25-22-19-16-17-20-23-28-33-38-43-48-55(2)3/h55-57H,6-54H2,1-5H3/t57-/m0/s1. The van der Waals surface area contributed by atoms with Crippen LogP contribution < -0.4 is 0 Å². The lowest BCUT2D eigenvalue weighted by molar-refractivity contribution is -0.167. The van der Waals surface area contributed by atoms with Gasteiger partial charge in [0, 0.05) is 19.3 Å². The lowest BCUT2D eigenvalue weighted by Gasteiger charge is -2.18. The normalized spacial score (nSPS) is 12.0. The molecule has 392 valence electrons. The van der Waals surface area contributed by atoms with Crippen molar-refractivity contribution in [2.24, 2.45) is 11.8 Å². The zero-order valence-corrected chi connectivity index (χ0v) is 45.3. The number of ether oxygens (including phenoxy) is 3. The van der Waals surface area contributed by atoms with Gasteiger partial charge in [-0.25, -0.2) is 0 Å². The Morgan fingerprint density at radius 3 is 0.742 bits per heavy atom. The van der Waals surface area contributed by atoms with Crippen molar-refractivity contribution in [2.45, 2.75) is 343 Å². The fourth-order valence-corrected chi connectivity index (χ4v) is 9.23. The quantitative estimate of drug-likeness (QED) is 0.0343. The van der Waals surface area contributed by atoms with E-state index in [-0.39, 0.29) is 31.1 Å². The number of unbranched alkanes of at least 4 members (excludes halogenated alkanes) is 39. The fourth-order valence-electron chi connectivity index (χ4n) is 9.23. The Bertz CT molecular complexity index is 1010. The summed E-state index contributed by atoms with van der Waals surface area (Å²) in [4.78, 5) is 38.2. The average molecular weight is 934 g/mol. The molecule has 0 bridgehead atoms. The minimum Gasteiger partial charge on any atom is -0.462 e. The van der Waals surface area contributed by atoms with E-state index in [1.807, 2.05) is 0 Å². The molecular formula is C60H116O6. The fraction of sp³-hybridized carbons (Fsp3) is 0.950. The molecule has 0 aliphatic carbocycles. The first-order valence-electron chi connectivity index (χ1n) is 29.7. The van der Waals surface area contributed by atoms with Crippen LogP contribution in [0, 0.1) is 11.8 Å². The molecule has 0 aromatic heterocycles. The average Bonchev–Trinajstić information content (AvgIpc) is 3.29.